The van der Waals surface area contributed by atoms with Gasteiger partial charge in [-0.05, 0) is 69.9 Å². The maximum atomic E-state index is 13.7. The molecule has 38 heavy (non-hydrogen) atoms. The van der Waals surface area contributed by atoms with E-state index < -0.39 is 32.0 Å². The van der Waals surface area contributed by atoms with E-state index in [0.29, 0.717) is 50.4 Å². The predicted octanol–water partition coefficient (Wildman–Crippen LogP) is 3.89. The van der Waals surface area contributed by atoms with Crippen LogP contribution in [0.2, 0.25) is 0 Å². The van der Waals surface area contributed by atoms with Crippen LogP contribution in [0.1, 0.15) is 52.4 Å². The lowest BCUT2D eigenvalue weighted by molar-refractivity contribution is -0.120. The van der Waals surface area contributed by atoms with Crippen LogP contribution in [0, 0.1) is 0 Å². The molecular weight excluding hydrogens is 524 g/mol. The van der Waals surface area contributed by atoms with Gasteiger partial charge in [-0.25, -0.2) is 16.8 Å². The lowest BCUT2D eigenvalue weighted by atomic mass is 10.0. The Bertz CT molecular complexity index is 1320. The average Bonchev–Trinajstić information content (AvgIpc) is 2.95. The molecule has 2 aromatic rings. The number of hydrogen-bond donors (Lipinski definition) is 1. The molecule has 0 aliphatic carbocycles. The number of nitrogens with zero attached hydrogens (tertiary/aromatic N) is 3. The van der Waals surface area contributed by atoms with Crippen LogP contribution < -0.4 is 10.2 Å². The average molecular weight is 563 g/mol. The van der Waals surface area contributed by atoms with Crippen molar-refractivity contribution in [2.24, 2.45) is 0 Å². The zero-order chi connectivity index (χ0) is 27.3. The molecule has 2 aliphatic heterocycles. The van der Waals surface area contributed by atoms with Crippen LogP contribution in [0.3, 0.4) is 0 Å². The number of nitrogens with one attached hydrogen (secondary N) is 1. The standard InChI is InChI=1S/C27H38N4O5S2/c1-3-29(4-2)25-17-16-23(37(33,34)30-18-10-6-11-19-30)21-24(25)28-27(32)26-15-9-12-20-31(26)38(35,36)22-13-7-5-8-14-22/h5,7-8,13-14,16-17,21,26H,3-4,6,9-12,15,18-20H2,1-2H3,(H,28,32). The van der Waals surface area contributed by atoms with Gasteiger partial charge in [-0.15, -0.1) is 0 Å². The van der Waals surface area contributed by atoms with E-state index in [0.717, 1.165) is 25.7 Å². The minimum Gasteiger partial charge on any atom is -0.370 e. The number of rotatable bonds is 9. The fourth-order valence-corrected chi connectivity index (χ4v) is 8.49. The van der Waals surface area contributed by atoms with E-state index >= 15 is 0 Å². The summed E-state index contributed by atoms with van der Waals surface area (Å²) in [6.07, 6.45) is 4.46. The van der Waals surface area contributed by atoms with Gasteiger partial charge in [-0.2, -0.15) is 8.61 Å². The van der Waals surface area contributed by atoms with E-state index in [1.54, 1.807) is 30.3 Å². The molecule has 1 atom stereocenters. The van der Waals surface area contributed by atoms with Crippen molar-refractivity contribution in [1.29, 1.82) is 0 Å². The van der Waals surface area contributed by atoms with E-state index in [2.05, 4.69) is 5.32 Å². The zero-order valence-electron chi connectivity index (χ0n) is 22.2. The highest BCUT2D eigenvalue weighted by atomic mass is 32.2. The van der Waals surface area contributed by atoms with Crippen molar-refractivity contribution in [3.05, 3.63) is 48.5 Å². The van der Waals surface area contributed by atoms with Crippen molar-refractivity contribution in [3.63, 3.8) is 0 Å². The summed E-state index contributed by atoms with van der Waals surface area (Å²) in [5, 5.41) is 2.93. The Morgan fingerprint density at radius 2 is 1.50 bits per heavy atom. The van der Waals surface area contributed by atoms with E-state index in [-0.39, 0.29) is 16.3 Å². The van der Waals surface area contributed by atoms with Gasteiger partial charge in [-0.1, -0.05) is 31.0 Å². The number of sulfonamides is 2. The van der Waals surface area contributed by atoms with Gasteiger partial charge in [-0.3, -0.25) is 4.79 Å². The molecule has 0 aromatic heterocycles. The van der Waals surface area contributed by atoms with Crippen LogP contribution in [-0.4, -0.2) is 70.1 Å². The van der Waals surface area contributed by atoms with Crippen LogP contribution >= 0.6 is 0 Å². The molecule has 1 N–H and O–H groups in total. The van der Waals surface area contributed by atoms with Gasteiger partial charge in [0, 0.05) is 32.7 Å². The monoisotopic (exact) mass is 562 g/mol. The van der Waals surface area contributed by atoms with Gasteiger partial charge in [0.15, 0.2) is 0 Å². The van der Waals surface area contributed by atoms with Gasteiger partial charge in [0.2, 0.25) is 26.0 Å². The third kappa shape index (κ3) is 5.90. The molecule has 2 aromatic carbocycles. The molecule has 208 valence electrons. The highest BCUT2D eigenvalue weighted by Crippen LogP contribution is 2.33. The van der Waals surface area contributed by atoms with Crippen molar-refractivity contribution in [2.45, 2.75) is 68.2 Å². The highest BCUT2D eigenvalue weighted by molar-refractivity contribution is 7.89. The number of hydrogen-bond acceptors (Lipinski definition) is 6. The first kappa shape index (κ1) is 28.5. The summed E-state index contributed by atoms with van der Waals surface area (Å²) in [4.78, 5) is 16.0. The fraction of sp³-hybridized carbons (Fsp3) is 0.519. The summed E-state index contributed by atoms with van der Waals surface area (Å²) in [7, 11) is -7.58. The van der Waals surface area contributed by atoms with Crippen molar-refractivity contribution < 1.29 is 21.6 Å². The summed E-state index contributed by atoms with van der Waals surface area (Å²) >= 11 is 0. The van der Waals surface area contributed by atoms with Gasteiger partial charge < -0.3 is 10.2 Å². The molecule has 0 radical (unpaired) electrons. The van der Waals surface area contributed by atoms with Gasteiger partial charge in [0.25, 0.3) is 0 Å². The van der Waals surface area contributed by atoms with Crippen LogP contribution in [0.5, 0.6) is 0 Å². The largest absolute Gasteiger partial charge is 0.370 e. The highest BCUT2D eigenvalue weighted by Gasteiger charge is 2.38. The summed E-state index contributed by atoms with van der Waals surface area (Å²) in [5.74, 6) is -0.454. The fourth-order valence-electron chi connectivity index (χ4n) is 5.27. The molecule has 9 nitrogen and oxygen atoms in total. The predicted molar refractivity (Wildman–Crippen MR) is 149 cm³/mol. The Morgan fingerprint density at radius 3 is 2.16 bits per heavy atom. The first-order chi connectivity index (χ1) is 18.2. The number of piperidine rings is 2. The first-order valence-electron chi connectivity index (χ1n) is 13.5. The summed E-state index contributed by atoms with van der Waals surface area (Å²) < 4.78 is 56.5. The third-order valence-electron chi connectivity index (χ3n) is 7.39. The molecule has 2 saturated heterocycles. The second-order valence-electron chi connectivity index (χ2n) is 9.75. The Labute approximate surface area is 226 Å². The summed E-state index contributed by atoms with van der Waals surface area (Å²) in [6, 6.07) is 12.1. The van der Waals surface area contributed by atoms with Crippen LogP contribution in [0.4, 0.5) is 11.4 Å². The molecule has 11 heteroatoms. The summed E-state index contributed by atoms with van der Waals surface area (Å²) in [5.41, 5.74) is 1.08. The van der Waals surface area contributed by atoms with E-state index in [4.69, 9.17) is 0 Å². The van der Waals surface area contributed by atoms with Crippen LogP contribution in [-0.2, 0) is 24.8 Å². The minimum atomic E-state index is -3.87. The summed E-state index contributed by atoms with van der Waals surface area (Å²) in [6.45, 7) is 6.52. The van der Waals surface area contributed by atoms with Crippen LogP contribution in [0.15, 0.2) is 58.3 Å². The van der Waals surface area contributed by atoms with Crippen molar-refractivity contribution in [2.75, 3.05) is 42.9 Å². The SMILES string of the molecule is CCN(CC)c1ccc(S(=O)(=O)N2CCCCC2)cc1NC(=O)C1CCCCN1S(=O)(=O)c1ccccc1. The second kappa shape index (κ2) is 12.1. The van der Waals surface area contributed by atoms with Gasteiger partial charge >= 0.3 is 0 Å². The Morgan fingerprint density at radius 1 is 0.842 bits per heavy atom. The number of carbonyl (C=O) groups excluding carboxylic acids is 1. The molecule has 1 amide bonds. The number of benzene rings is 2. The third-order valence-corrected chi connectivity index (χ3v) is 11.2. The zero-order valence-corrected chi connectivity index (χ0v) is 23.8. The number of anilines is 2. The number of amides is 1. The topological polar surface area (TPSA) is 107 Å². The smallest absolute Gasteiger partial charge is 0.243 e. The maximum Gasteiger partial charge on any atom is 0.243 e. The van der Waals surface area contributed by atoms with Crippen molar-refractivity contribution >= 4 is 37.3 Å². The van der Waals surface area contributed by atoms with E-state index in [1.165, 1.54) is 26.8 Å². The van der Waals surface area contributed by atoms with Crippen molar-refractivity contribution in [3.8, 4) is 0 Å². The molecule has 1 unspecified atom stereocenters. The second-order valence-corrected chi connectivity index (χ2v) is 13.6. The Hall–Kier alpha value is -2.47. The number of carbonyl (C=O) groups is 1. The van der Waals surface area contributed by atoms with Crippen LogP contribution in [0.25, 0.3) is 0 Å². The normalized spacial score (nSPS) is 19.7. The maximum absolute atomic E-state index is 13.7. The van der Waals surface area contributed by atoms with Crippen molar-refractivity contribution in [1.82, 2.24) is 8.61 Å². The van der Waals surface area contributed by atoms with E-state index in [9.17, 15) is 21.6 Å². The molecule has 2 fully saturated rings. The molecule has 2 aliphatic rings. The molecular formula is C27H38N4O5S2. The lowest BCUT2D eigenvalue weighted by Crippen LogP contribution is -2.49. The molecule has 0 bridgehead atoms. The Balaban J connectivity index is 1.68. The molecule has 0 saturated carbocycles. The lowest BCUT2D eigenvalue weighted by Gasteiger charge is -2.34. The molecule has 0 spiro atoms. The molecule has 4 rings (SSSR count). The first-order valence-corrected chi connectivity index (χ1v) is 16.3. The minimum absolute atomic E-state index is 0.128. The quantitative estimate of drug-likeness (QED) is 0.497. The molecule has 2 heterocycles. The Kier molecular flexibility index (Phi) is 9.12. The van der Waals surface area contributed by atoms with E-state index in [1.807, 2.05) is 18.7 Å². The van der Waals surface area contributed by atoms with Gasteiger partial charge in [0.05, 0.1) is 21.2 Å². The van der Waals surface area contributed by atoms with Gasteiger partial charge in [0.1, 0.15) is 6.04 Å².